The predicted molar refractivity (Wildman–Crippen MR) is 50.1 cm³/mol. The van der Waals surface area contributed by atoms with Crippen molar-refractivity contribution in [2.75, 3.05) is 13.6 Å². The Morgan fingerprint density at radius 1 is 1.42 bits per heavy atom. The highest BCUT2D eigenvalue weighted by Crippen LogP contribution is 2.25. The van der Waals surface area contributed by atoms with E-state index in [1.807, 2.05) is 27.8 Å². The molecular weight excluding hydrogens is 150 g/mol. The highest BCUT2D eigenvalue weighted by atomic mass is 16.1. The monoisotopic (exact) mass is 169 g/mol. The Labute approximate surface area is 74.9 Å². The van der Waals surface area contributed by atoms with Crippen molar-refractivity contribution in [2.24, 2.45) is 5.41 Å². The van der Waals surface area contributed by atoms with Crippen molar-refractivity contribution in [3.8, 4) is 0 Å². The molecule has 0 amide bonds. The fourth-order valence-electron chi connectivity index (χ4n) is 1.74. The van der Waals surface area contributed by atoms with Crippen molar-refractivity contribution in [2.45, 2.75) is 39.7 Å². The lowest BCUT2D eigenvalue weighted by atomic mass is 9.86. The van der Waals surface area contributed by atoms with Gasteiger partial charge >= 0.3 is 0 Å². The van der Waals surface area contributed by atoms with Crippen LogP contribution in [0.2, 0.25) is 0 Å². The first-order valence-electron chi connectivity index (χ1n) is 4.67. The molecule has 1 heterocycles. The van der Waals surface area contributed by atoms with Gasteiger partial charge in [-0.15, -0.1) is 0 Å². The molecule has 1 saturated heterocycles. The van der Waals surface area contributed by atoms with Gasteiger partial charge in [-0.3, -0.25) is 9.69 Å². The molecule has 0 N–H and O–H groups in total. The zero-order valence-corrected chi connectivity index (χ0v) is 8.55. The van der Waals surface area contributed by atoms with Gasteiger partial charge in [-0.2, -0.15) is 0 Å². The van der Waals surface area contributed by atoms with Crippen LogP contribution < -0.4 is 0 Å². The lowest BCUT2D eigenvalue weighted by molar-refractivity contribution is -0.130. The number of likely N-dealkylation sites (tertiary alicyclic amines) is 1. The quantitative estimate of drug-likeness (QED) is 0.595. The van der Waals surface area contributed by atoms with E-state index in [1.165, 1.54) is 6.42 Å². The Balaban J connectivity index is 2.64. The van der Waals surface area contributed by atoms with E-state index in [2.05, 4.69) is 4.90 Å². The minimum Gasteiger partial charge on any atom is -0.297 e. The Kier molecular flexibility index (Phi) is 2.57. The van der Waals surface area contributed by atoms with E-state index < -0.39 is 0 Å². The molecule has 1 rings (SSSR count). The summed E-state index contributed by atoms with van der Waals surface area (Å²) in [5.74, 6) is 0.391. The molecule has 1 aliphatic heterocycles. The molecular formula is C10H19NO. The van der Waals surface area contributed by atoms with Crippen LogP contribution in [0.25, 0.3) is 0 Å². The molecule has 0 saturated carbocycles. The van der Waals surface area contributed by atoms with Crippen molar-refractivity contribution < 1.29 is 4.79 Å². The van der Waals surface area contributed by atoms with Gasteiger partial charge in [0, 0.05) is 5.41 Å². The third kappa shape index (κ3) is 1.86. The van der Waals surface area contributed by atoms with Crippen LogP contribution in [-0.2, 0) is 4.79 Å². The first kappa shape index (κ1) is 9.72. The molecule has 1 aliphatic rings. The molecule has 0 unspecified atom stereocenters. The van der Waals surface area contributed by atoms with Gasteiger partial charge in [0.2, 0.25) is 0 Å². The zero-order chi connectivity index (χ0) is 9.35. The average molecular weight is 169 g/mol. The van der Waals surface area contributed by atoms with Crippen LogP contribution in [0.5, 0.6) is 0 Å². The summed E-state index contributed by atoms with van der Waals surface area (Å²) in [6.07, 6.45) is 2.22. The summed E-state index contributed by atoms with van der Waals surface area (Å²) in [7, 11) is 2.04. The number of ketones is 1. The van der Waals surface area contributed by atoms with Crippen LogP contribution >= 0.6 is 0 Å². The van der Waals surface area contributed by atoms with Crippen molar-refractivity contribution >= 4 is 5.78 Å². The van der Waals surface area contributed by atoms with E-state index in [9.17, 15) is 4.79 Å². The van der Waals surface area contributed by atoms with Crippen LogP contribution in [0.3, 0.4) is 0 Å². The van der Waals surface area contributed by atoms with E-state index in [0.29, 0.717) is 5.78 Å². The van der Waals surface area contributed by atoms with E-state index in [0.717, 1.165) is 13.0 Å². The van der Waals surface area contributed by atoms with Gasteiger partial charge in [0.15, 0.2) is 5.78 Å². The maximum Gasteiger partial charge on any atom is 0.155 e. The standard InChI is InChI=1S/C10H19NO/c1-10(2,3)9(12)8-6-5-7-11(8)4/h8H,5-7H2,1-4H3/t8-/m0/s1. The molecule has 2 heteroatoms. The lowest BCUT2D eigenvalue weighted by Gasteiger charge is -2.25. The average Bonchev–Trinajstić information content (AvgIpc) is 2.31. The van der Waals surface area contributed by atoms with Gasteiger partial charge in [-0.25, -0.2) is 0 Å². The molecule has 1 atom stereocenters. The molecule has 0 bridgehead atoms. The summed E-state index contributed by atoms with van der Waals surface area (Å²) >= 11 is 0. The maximum absolute atomic E-state index is 11.8. The fraction of sp³-hybridized carbons (Fsp3) is 0.900. The van der Waals surface area contributed by atoms with E-state index >= 15 is 0 Å². The van der Waals surface area contributed by atoms with E-state index in [4.69, 9.17) is 0 Å². The third-order valence-electron chi connectivity index (χ3n) is 2.56. The summed E-state index contributed by atoms with van der Waals surface area (Å²) in [6, 6.07) is 0.185. The van der Waals surface area contributed by atoms with Gasteiger partial charge in [0.25, 0.3) is 0 Å². The predicted octanol–water partition coefficient (Wildman–Crippen LogP) is 1.70. The summed E-state index contributed by atoms with van der Waals surface area (Å²) < 4.78 is 0. The number of hydrogen-bond acceptors (Lipinski definition) is 2. The molecule has 0 aromatic rings. The van der Waals surface area contributed by atoms with Gasteiger partial charge in [0.1, 0.15) is 0 Å². The van der Waals surface area contributed by atoms with Crippen LogP contribution in [-0.4, -0.2) is 30.3 Å². The van der Waals surface area contributed by atoms with Gasteiger partial charge < -0.3 is 0 Å². The Morgan fingerprint density at radius 3 is 2.33 bits per heavy atom. The SMILES string of the molecule is CN1CCC[C@H]1C(=O)C(C)(C)C. The third-order valence-corrected chi connectivity index (χ3v) is 2.56. The summed E-state index contributed by atoms with van der Waals surface area (Å²) in [5.41, 5.74) is -0.177. The van der Waals surface area contributed by atoms with Crippen molar-refractivity contribution in [1.29, 1.82) is 0 Å². The molecule has 0 aliphatic carbocycles. The number of carbonyl (C=O) groups excluding carboxylic acids is 1. The van der Waals surface area contributed by atoms with Crippen molar-refractivity contribution in [3.05, 3.63) is 0 Å². The van der Waals surface area contributed by atoms with E-state index in [-0.39, 0.29) is 11.5 Å². The highest BCUT2D eigenvalue weighted by molar-refractivity contribution is 5.88. The summed E-state index contributed by atoms with van der Waals surface area (Å²) in [4.78, 5) is 14.0. The number of hydrogen-bond donors (Lipinski definition) is 0. The minimum atomic E-state index is -0.177. The molecule has 0 aromatic heterocycles. The largest absolute Gasteiger partial charge is 0.297 e. The van der Waals surface area contributed by atoms with Crippen LogP contribution in [0.1, 0.15) is 33.6 Å². The van der Waals surface area contributed by atoms with Gasteiger partial charge in [0.05, 0.1) is 6.04 Å². The topological polar surface area (TPSA) is 20.3 Å². The Morgan fingerprint density at radius 2 is 2.00 bits per heavy atom. The molecule has 0 aromatic carbocycles. The first-order valence-corrected chi connectivity index (χ1v) is 4.67. The van der Waals surface area contributed by atoms with Crippen LogP contribution in [0.15, 0.2) is 0 Å². The fourth-order valence-corrected chi connectivity index (χ4v) is 1.74. The Bertz CT molecular complexity index is 181. The number of rotatable bonds is 1. The molecule has 1 fully saturated rings. The number of Topliss-reactive ketones (excluding diaryl/α,β-unsaturated/α-hetero) is 1. The number of likely N-dealkylation sites (N-methyl/N-ethyl adjacent to an activating group) is 1. The molecule has 70 valence electrons. The zero-order valence-electron chi connectivity index (χ0n) is 8.55. The van der Waals surface area contributed by atoms with Crippen molar-refractivity contribution in [1.82, 2.24) is 4.90 Å². The van der Waals surface area contributed by atoms with E-state index in [1.54, 1.807) is 0 Å². The van der Waals surface area contributed by atoms with Gasteiger partial charge in [-0.05, 0) is 26.4 Å². The normalized spacial score (nSPS) is 26.2. The molecule has 0 radical (unpaired) electrons. The molecule has 12 heavy (non-hydrogen) atoms. The Hall–Kier alpha value is -0.370. The van der Waals surface area contributed by atoms with Crippen LogP contribution in [0, 0.1) is 5.41 Å². The second-order valence-electron chi connectivity index (χ2n) is 4.75. The van der Waals surface area contributed by atoms with Gasteiger partial charge in [-0.1, -0.05) is 20.8 Å². The van der Waals surface area contributed by atoms with Crippen molar-refractivity contribution in [3.63, 3.8) is 0 Å². The summed E-state index contributed by atoms with van der Waals surface area (Å²) in [6.45, 7) is 7.08. The number of nitrogens with zero attached hydrogens (tertiary/aromatic N) is 1. The number of carbonyl (C=O) groups is 1. The second-order valence-corrected chi connectivity index (χ2v) is 4.75. The minimum absolute atomic E-state index is 0.177. The highest BCUT2D eigenvalue weighted by Gasteiger charge is 2.34. The molecule has 0 spiro atoms. The second kappa shape index (κ2) is 3.17. The molecule has 2 nitrogen and oxygen atoms in total. The smallest absolute Gasteiger partial charge is 0.155 e. The first-order chi connectivity index (χ1) is 5.43. The van der Waals surface area contributed by atoms with Crippen LogP contribution in [0.4, 0.5) is 0 Å². The summed E-state index contributed by atoms with van der Waals surface area (Å²) in [5, 5.41) is 0. The lowest BCUT2D eigenvalue weighted by Crippen LogP contribution is -2.39. The maximum atomic E-state index is 11.8.